The Morgan fingerprint density at radius 1 is 0.919 bits per heavy atom. The number of rotatable bonds is 6. The predicted octanol–water partition coefficient (Wildman–Crippen LogP) is 7.93. The summed E-state index contributed by atoms with van der Waals surface area (Å²) in [6, 6.07) is 14.4. The maximum atomic E-state index is 13.0. The maximum absolute atomic E-state index is 13.0. The van der Waals surface area contributed by atoms with E-state index in [0.29, 0.717) is 27.6 Å². The minimum atomic E-state index is -1.32. The van der Waals surface area contributed by atoms with Gasteiger partial charge in [0.2, 0.25) is 5.91 Å². The van der Waals surface area contributed by atoms with Crippen LogP contribution in [0.15, 0.2) is 59.1 Å². The summed E-state index contributed by atoms with van der Waals surface area (Å²) in [4.78, 5) is 36.8. The van der Waals surface area contributed by atoms with E-state index >= 15 is 0 Å². The Kier molecular flexibility index (Phi) is 7.97. The number of alkyl halides is 2. The SMILES string of the molecule is Cc1cc(NC(=O)O)ccc1NC(=O)c1cc(NC(=O)[C@H]2[C@H](c3cc(Cl)cc(Br)c3)C2(Cl)Cl)ccc1Cl. The number of carbonyl (C=O) groups excluding carboxylic acids is 2. The van der Waals surface area contributed by atoms with Gasteiger partial charge in [0.25, 0.3) is 5.91 Å². The molecule has 192 valence electrons. The average molecular weight is 646 g/mol. The highest BCUT2D eigenvalue weighted by Crippen LogP contribution is 2.65. The molecule has 1 saturated carbocycles. The maximum Gasteiger partial charge on any atom is 0.409 e. The summed E-state index contributed by atoms with van der Waals surface area (Å²) < 4.78 is -0.582. The summed E-state index contributed by atoms with van der Waals surface area (Å²) in [5.74, 6) is -2.14. The van der Waals surface area contributed by atoms with Crippen LogP contribution in [0.3, 0.4) is 0 Å². The largest absolute Gasteiger partial charge is 0.465 e. The molecule has 1 fully saturated rings. The van der Waals surface area contributed by atoms with Crippen molar-refractivity contribution in [3.8, 4) is 0 Å². The van der Waals surface area contributed by atoms with Crippen LogP contribution in [0.25, 0.3) is 0 Å². The quantitative estimate of drug-likeness (QED) is 0.204. The molecule has 4 N–H and O–H groups in total. The normalized spacial score (nSPS) is 17.6. The Morgan fingerprint density at radius 3 is 2.24 bits per heavy atom. The molecule has 1 aliphatic rings. The van der Waals surface area contributed by atoms with Gasteiger partial charge in [0.15, 0.2) is 0 Å². The number of halogens is 5. The van der Waals surface area contributed by atoms with Crippen molar-refractivity contribution in [1.82, 2.24) is 0 Å². The van der Waals surface area contributed by atoms with Crippen LogP contribution in [0.5, 0.6) is 0 Å². The molecule has 0 aliphatic heterocycles. The Morgan fingerprint density at radius 2 is 1.59 bits per heavy atom. The minimum absolute atomic E-state index is 0.126. The molecular weight excluding hydrogens is 628 g/mol. The van der Waals surface area contributed by atoms with Gasteiger partial charge in [-0.3, -0.25) is 14.9 Å². The minimum Gasteiger partial charge on any atom is -0.465 e. The van der Waals surface area contributed by atoms with Crippen LogP contribution in [0.1, 0.15) is 27.4 Å². The molecule has 3 amide bonds. The van der Waals surface area contributed by atoms with E-state index in [0.717, 1.165) is 10.0 Å². The number of hydrogen-bond acceptors (Lipinski definition) is 3. The summed E-state index contributed by atoms with van der Waals surface area (Å²) in [5, 5.41) is 17.3. The van der Waals surface area contributed by atoms with Crippen LogP contribution in [0.2, 0.25) is 10.0 Å². The molecule has 0 unspecified atom stereocenters. The van der Waals surface area contributed by atoms with Gasteiger partial charge in [-0.15, -0.1) is 23.2 Å². The van der Waals surface area contributed by atoms with Crippen LogP contribution < -0.4 is 16.0 Å². The molecule has 12 heteroatoms. The van der Waals surface area contributed by atoms with E-state index in [1.165, 1.54) is 18.2 Å². The fourth-order valence-corrected chi connectivity index (χ4v) is 5.93. The van der Waals surface area contributed by atoms with Crippen molar-refractivity contribution in [2.75, 3.05) is 16.0 Å². The van der Waals surface area contributed by atoms with Crippen molar-refractivity contribution in [3.05, 3.63) is 85.8 Å². The van der Waals surface area contributed by atoms with Gasteiger partial charge in [0.1, 0.15) is 4.33 Å². The standard InChI is InChI=1S/C25H18BrCl4N3O4/c1-11-6-15(32-24(36)37)3-5-19(11)33-22(34)17-10-16(2-4-18(17)28)31-23(35)21-20(25(21,29)30)12-7-13(26)9-14(27)8-12/h2-10,20-21,32H,1H3,(H,31,35)(H,33,34)(H,36,37)/t20-,21+/m0/s1. The Hall–Kier alpha value is -2.49. The van der Waals surface area contributed by atoms with Gasteiger partial charge >= 0.3 is 6.09 Å². The fraction of sp³-hybridized carbons (Fsp3) is 0.160. The van der Waals surface area contributed by atoms with Crippen LogP contribution in [0, 0.1) is 12.8 Å². The third kappa shape index (κ3) is 6.16. The summed E-state index contributed by atoms with van der Waals surface area (Å²) >= 11 is 28.7. The molecule has 3 aromatic carbocycles. The van der Waals surface area contributed by atoms with Crippen LogP contribution >= 0.6 is 62.3 Å². The molecule has 2 atom stereocenters. The monoisotopic (exact) mass is 643 g/mol. The highest BCUT2D eigenvalue weighted by Gasteiger charge is 2.67. The molecular formula is C25H18BrCl4N3O4. The molecule has 0 bridgehead atoms. The van der Waals surface area contributed by atoms with Gasteiger partial charge in [-0.2, -0.15) is 0 Å². The Balaban J connectivity index is 1.49. The van der Waals surface area contributed by atoms with E-state index in [9.17, 15) is 14.4 Å². The predicted molar refractivity (Wildman–Crippen MR) is 151 cm³/mol. The van der Waals surface area contributed by atoms with Gasteiger partial charge in [-0.25, -0.2) is 4.79 Å². The second-order valence-corrected chi connectivity index (χ2v) is 11.6. The molecule has 0 saturated heterocycles. The lowest BCUT2D eigenvalue weighted by Gasteiger charge is -2.12. The Bertz CT molecular complexity index is 1410. The first-order valence-electron chi connectivity index (χ1n) is 10.7. The van der Waals surface area contributed by atoms with E-state index in [1.54, 1.807) is 43.3 Å². The highest BCUT2D eigenvalue weighted by molar-refractivity contribution is 9.10. The molecule has 0 radical (unpaired) electrons. The van der Waals surface area contributed by atoms with Crippen LogP contribution in [-0.2, 0) is 4.79 Å². The van der Waals surface area contributed by atoms with Crippen molar-refractivity contribution in [1.29, 1.82) is 0 Å². The summed E-state index contributed by atoms with van der Waals surface area (Å²) in [7, 11) is 0. The molecule has 1 aliphatic carbocycles. The van der Waals surface area contributed by atoms with Crippen molar-refractivity contribution in [2.45, 2.75) is 17.2 Å². The smallest absolute Gasteiger partial charge is 0.409 e. The second-order valence-electron chi connectivity index (χ2n) is 8.43. The molecule has 0 spiro atoms. The second kappa shape index (κ2) is 10.7. The van der Waals surface area contributed by atoms with E-state index in [4.69, 9.17) is 51.5 Å². The first-order chi connectivity index (χ1) is 17.4. The van der Waals surface area contributed by atoms with E-state index in [1.807, 2.05) is 0 Å². The van der Waals surface area contributed by atoms with E-state index in [2.05, 4.69) is 31.9 Å². The molecule has 3 aromatic rings. The number of anilines is 3. The third-order valence-corrected chi connectivity index (χ3v) is 7.73. The molecule has 4 rings (SSSR count). The van der Waals surface area contributed by atoms with Crippen molar-refractivity contribution in [2.24, 2.45) is 5.92 Å². The average Bonchev–Trinajstić information content (AvgIpc) is 3.38. The molecule has 0 heterocycles. The lowest BCUT2D eigenvalue weighted by Crippen LogP contribution is -2.18. The molecule has 0 aromatic heterocycles. The molecule has 7 nitrogen and oxygen atoms in total. The summed E-state index contributed by atoms with van der Waals surface area (Å²) in [5.41, 5.74) is 2.65. The zero-order chi connectivity index (χ0) is 27.1. The lowest BCUT2D eigenvalue weighted by molar-refractivity contribution is -0.117. The topological polar surface area (TPSA) is 108 Å². The number of aryl methyl sites for hydroxylation is 1. The molecule has 37 heavy (non-hydrogen) atoms. The van der Waals surface area contributed by atoms with Crippen molar-refractivity contribution >= 4 is 97.3 Å². The Labute approximate surface area is 240 Å². The third-order valence-electron chi connectivity index (χ3n) is 5.78. The van der Waals surface area contributed by atoms with Crippen molar-refractivity contribution in [3.63, 3.8) is 0 Å². The van der Waals surface area contributed by atoms with E-state index < -0.39 is 34.1 Å². The number of benzene rings is 3. The number of nitrogens with one attached hydrogen (secondary N) is 3. The number of amides is 3. The number of carboxylic acid groups (broad SMARTS) is 1. The summed E-state index contributed by atoms with van der Waals surface area (Å²) in [6.07, 6.45) is -1.19. The van der Waals surface area contributed by atoms with Gasteiger partial charge in [0.05, 0.1) is 16.5 Å². The van der Waals surface area contributed by atoms with Gasteiger partial charge in [0, 0.05) is 32.5 Å². The highest BCUT2D eigenvalue weighted by atomic mass is 79.9. The zero-order valence-corrected chi connectivity index (χ0v) is 23.5. The number of hydrogen-bond donors (Lipinski definition) is 4. The first-order valence-corrected chi connectivity index (χ1v) is 13.0. The van der Waals surface area contributed by atoms with Crippen molar-refractivity contribution < 1.29 is 19.5 Å². The lowest BCUT2D eigenvalue weighted by atomic mass is 10.1. The van der Waals surface area contributed by atoms with Gasteiger partial charge < -0.3 is 15.7 Å². The van der Waals surface area contributed by atoms with Crippen LogP contribution in [0.4, 0.5) is 21.9 Å². The van der Waals surface area contributed by atoms with Gasteiger partial charge in [-0.1, -0.05) is 39.1 Å². The van der Waals surface area contributed by atoms with Crippen LogP contribution in [-0.4, -0.2) is 27.3 Å². The zero-order valence-electron chi connectivity index (χ0n) is 18.9. The van der Waals surface area contributed by atoms with Gasteiger partial charge in [-0.05, 0) is 72.6 Å². The first kappa shape index (κ1) is 27.5. The fourth-order valence-electron chi connectivity index (χ4n) is 4.01. The number of carbonyl (C=O) groups is 3. The van der Waals surface area contributed by atoms with E-state index in [-0.39, 0.29) is 10.6 Å². The summed E-state index contributed by atoms with van der Waals surface area (Å²) in [6.45, 7) is 1.72.